The molecule has 0 saturated heterocycles. The number of rotatable bonds is 5. The van der Waals surface area contributed by atoms with E-state index in [0.717, 1.165) is 12.0 Å². The van der Waals surface area contributed by atoms with Gasteiger partial charge in [-0.15, -0.1) is 0 Å². The summed E-state index contributed by atoms with van der Waals surface area (Å²) < 4.78 is 0. The van der Waals surface area contributed by atoms with Gasteiger partial charge in [0.25, 0.3) is 0 Å². The lowest BCUT2D eigenvalue weighted by Crippen LogP contribution is -2.27. The van der Waals surface area contributed by atoms with E-state index in [0.29, 0.717) is 0 Å². The molecule has 92 valence electrons. The SMILES string of the molecule is CCc1ccc([C@@H](CC(=O)O)NC(C)=O)cc1. The molecule has 1 aromatic rings. The van der Waals surface area contributed by atoms with Crippen molar-refractivity contribution in [2.75, 3.05) is 0 Å². The van der Waals surface area contributed by atoms with Crippen LogP contribution >= 0.6 is 0 Å². The normalized spacial score (nSPS) is 11.9. The molecular weight excluding hydrogens is 218 g/mol. The molecule has 0 aliphatic rings. The van der Waals surface area contributed by atoms with E-state index in [-0.39, 0.29) is 12.3 Å². The molecule has 0 radical (unpaired) electrons. The molecule has 4 nitrogen and oxygen atoms in total. The monoisotopic (exact) mass is 235 g/mol. The molecule has 17 heavy (non-hydrogen) atoms. The molecule has 0 saturated carbocycles. The van der Waals surface area contributed by atoms with Crippen LogP contribution in [-0.4, -0.2) is 17.0 Å². The third kappa shape index (κ3) is 4.26. The van der Waals surface area contributed by atoms with Crippen LogP contribution in [0, 0.1) is 0 Å². The quantitative estimate of drug-likeness (QED) is 0.819. The van der Waals surface area contributed by atoms with Gasteiger partial charge in [-0.25, -0.2) is 0 Å². The van der Waals surface area contributed by atoms with Crippen molar-refractivity contribution >= 4 is 11.9 Å². The van der Waals surface area contributed by atoms with Gasteiger partial charge in [0.1, 0.15) is 0 Å². The number of carbonyl (C=O) groups excluding carboxylic acids is 1. The molecule has 1 rings (SSSR count). The number of aryl methyl sites for hydroxylation is 1. The molecule has 0 spiro atoms. The van der Waals surface area contributed by atoms with E-state index in [9.17, 15) is 9.59 Å². The van der Waals surface area contributed by atoms with E-state index < -0.39 is 12.0 Å². The molecule has 0 heterocycles. The summed E-state index contributed by atoms with van der Waals surface area (Å²) in [5, 5.41) is 11.5. The zero-order chi connectivity index (χ0) is 12.8. The first-order valence-corrected chi connectivity index (χ1v) is 5.60. The molecule has 0 aliphatic heterocycles. The fourth-order valence-electron chi connectivity index (χ4n) is 1.66. The Balaban J connectivity index is 2.86. The molecular formula is C13H17NO3. The summed E-state index contributed by atoms with van der Waals surface area (Å²) in [6.07, 6.45) is 0.828. The second kappa shape index (κ2) is 6.03. The van der Waals surface area contributed by atoms with Gasteiger partial charge < -0.3 is 10.4 Å². The van der Waals surface area contributed by atoms with Crippen LogP contribution in [0.5, 0.6) is 0 Å². The minimum absolute atomic E-state index is 0.106. The minimum Gasteiger partial charge on any atom is -0.481 e. The maximum Gasteiger partial charge on any atom is 0.305 e. The maximum absolute atomic E-state index is 11.0. The Hall–Kier alpha value is -1.84. The first kappa shape index (κ1) is 13.2. The first-order chi connectivity index (χ1) is 8.02. The molecule has 2 N–H and O–H groups in total. The van der Waals surface area contributed by atoms with Crippen molar-refractivity contribution in [1.82, 2.24) is 5.32 Å². The van der Waals surface area contributed by atoms with Crippen LogP contribution in [0.4, 0.5) is 0 Å². The van der Waals surface area contributed by atoms with Gasteiger partial charge in [0.2, 0.25) is 5.91 Å². The Kier molecular flexibility index (Phi) is 4.69. The zero-order valence-corrected chi connectivity index (χ0v) is 10.1. The lowest BCUT2D eigenvalue weighted by Gasteiger charge is -2.16. The highest BCUT2D eigenvalue weighted by atomic mass is 16.4. The van der Waals surface area contributed by atoms with Crippen LogP contribution in [0.2, 0.25) is 0 Å². The number of carboxylic acids is 1. The lowest BCUT2D eigenvalue weighted by molar-refractivity contribution is -0.137. The summed E-state index contributed by atoms with van der Waals surface area (Å²) in [6.45, 7) is 3.44. The number of amides is 1. The van der Waals surface area contributed by atoms with Crippen molar-refractivity contribution in [3.05, 3.63) is 35.4 Å². The number of hydrogen-bond acceptors (Lipinski definition) is 2. The summed E-state index contributed by atoms with van der Waals surface area (Å²) in [5.74, 6) is -1.15. The van der Waals surface area contributed by atoms with E-state index in [1.54, 1.807) is 0 Å². The molecule has 0 aliphatic carbocycles. The van der Waals surface area contributed by atoms with Crippen LogP contribution in [0.1, 0.15) is 37.4 Å². The van der Waals surface area contributed by atoms with E-state index >= 15 is 0 Å². The smallest absolute Gasteiger partial charge is 0.305 e. The van der Waals surface area contributed by atoms with Crippen LogP contribution in [0.3, 0.4) is 0 Å². The number of benzene rings is 1. The van der Waals surface area contributed by atoms with Crippen molar-refractivity contribution < 1.29 is 14.7 Å². The summed E-state index contributed by atoms with van der Waals surface area (Å²) in [7, 11) is 0. The molecule has 0 fully saturated rings. The Morgan fingerprint density at radius 1 is 1.29 bits per heavy atom. The van der Waals surface area contributed by atoms with Crippen molar-refractivity contribution in [3.8, 4) is 0 Å². The number of aliphatic carboxylic acids is 1. The highest BCUT2D eigenvalue weighted by Gasteiger charge is 2.16. The maximum atomic E-state index is 11.0. The van der Waals surface area contributed by atoms with Crippen molar-refractivity contribution in [2.24, 2.45) is 0 Å². The highest BCUT2D eigenvalue weighted by molar-refractivity contribution is 5.75. The predicted octanol–water partition coefficient (Wildman–Crippen LogP) is 1.90. The van der Waals surface area contributed by atoms with Crippen LogP contribution in [0.25, 0.3) is 0 Å². The Morgan fingerprint density at radius 2 is 1.88 bits per heavy atom. The summed E-state index contributed by atoms with van der Waals surface area (Å²) >= 11 is 0. The third-order valence-corrected chi connectivity index (χ3v) is 2.55. The van der Waals surface area contributed by atoms with Gasteiger partial charge in [-0.1, -0.05) is 31.2 Å². The van der Waals surface area contributed by atoms with E-state index in [2.05, 4.69) is 12.2 Å². The lowest BCUT2D eigenvalue weighted by atomic mass is 10.0. The Bertz CT molecular complexity index is 382. The third-order valence-electron chi connectivity index (χ3n) is 2.55. The molecule has 0 unspecified atom stereocenters. The van der Waals surface area contributed by atoms with Gasteiger partial charge in [-0.05, 0) is 17.5 Å². The van der Waals surface area contributed by atoms with Gasteiger partial charge in [0.05, 0.1) is 12.5 Å². The summed E-state index contributed by atoms with van der Waals surface area (Å²) in [4.78, 5) is 21.8. The van der Waals surface area contributed by atoms with E-state index in [4.69, 9.17) is 5.11 Å². The standard InChI is InChI=1S/C13H17NO3/c1-3-10-4-6-11(7-5-10)12(8-13(16)17)14-9(2)15/h4-7,12H,3,8H2,1-2H3,(H,14,15)(H,16,17)/t12-/m1/s1. The fourth-order valence-corrected chi connectivity index (χ4v) is 1.66. The van der Waals surface area contributed by atoms with Crippen LogP contribution < -0.4 is 5.32 Å². The summed E-state index contributed by atoms with van der Waals surface area (Å²) in [5.41, 5.74) is 2.01. The average molecular weight is 235 g/mol. The topological polar surface area (TPSA) is 66.4 Å². The van der Waals surface area contributed by atoms with Gasteiger partial charge >= 0.3 is 5.97 Å². The molecule has 0 bridgehead atoms. The number of carboxylic acid groups (broad SMARTS) is 1. The van der Waals surface area contributed by atoms with Crippen molar-refractivity contribution in [3.63, 3.8) is 0 Å². The molecule has 1 atom stereocenters. The Labute approximate surface area is 101 Å². The molecule has 1 amide bonds. The summed E-state index contributed by atoms with van der Waals surface area (Å²) in [6, 6.07) is 7.17. The molecule has 0 aromatic heterocycles. The molecule has 1 aromatic carbocycles. The van der Waals surface area contributed by atoms with E-state index in [1.807, 2.05) is 24.3 Å². The number of hydrogen-bond donors (Lipinski definition) is 2. The predicted molar refractivity (Wildman–Crippen MR) is 64.6 cm³/mol. The minimum atomic E-state index is -0.927. The van der Waals surface area contributed by atoms with Gasteiger partial charge in [-0.3, -0.25) is 9.59 Å². The van der Waals surface area contributed by atoms with Gasteiger partial charge in [0, 0.05) is 6.92 Å². The first-order valence-electron chi connectivity index (χ1n) is 5.60. The van der Waals surface area contributed by atoms with Crippen LogP contribution in [-0.2, 0) is 16.0 Å². The average Bonchev–Trinajstić information content (AvgIpc) is 2.27. The Morgan fingerprint density at radius 3 is 2.29 bits per heavy atom. The number of carbonyl (C=O) groups is 2. The van der Waals surface area contributed by atoms with Gasteiger partial charge in [0.15, 0.2) is 0 Å². The second-order valence-electron chi connectivity index (χ2n) is 3.95. The van der Waals surface area contributed by atoms with Crippen LogP contribution in [0.15, 0.2) is 24.3 Å². The van der Waals surface area contributed by atoms with E-state index in [1.165, 1.54) is 12.5 Å². The van der Waals surface area contributed by atoms with Gasteiger partial charge in [-0.2, -0.15) is 0 Å². The fraction of sp³-hybridized carbons (Fsp3) is 0.385. The zero-order valence-electron chi connectivity index (χ0n) is 10.1. The number of nitrogens with one attached hydrogen (secondary N) is 1. The van der Waals surface area contributed by atoms with Crippen molar-refractivity contribution in [1.29, 1.82) is 0 Å². The molecule has 4 heteroatoms. The largest absolute Gasteiger partial charge is 0.481 e. The second-order valence-corrected chi connectivity index (χ2v) is 3.95. The van der Waals surface area contributed by atoms with Crippen molar-refractivity contribution in [2.45, 2.75) is 32.7 Å². The highest BCUT2D eigenvalue weighted by Crippen LogP contribution is 2.17.